The minimum atomic E-state index is -0.867. The third-order valence-corrected chi connectivity index (χ3v) is 2.47. The highest BCUT2D eigenvalue weighted by Crippen LogP contribution is 2.23. The van der Waals surface area contributed by atoms with Gasteiger partial charge in [-0.05, 0) is 35.4 Å². The number of aliphatic hydroxyl groups excluding tert-OH is 1. The monoisotopic (exact) mass is 250 g/mol. The molecule has 0 saturated heterocycles. The van der Waals surface area contributed by atoms with Crippen molar-refractivity contribution in [1.82, 2.24) is 0 Å². The highest BCUT2D eigenvalue weighted by atomic mass is 19.2. The van der Waals surface area contributed by atoms with Crippen molar-refractivity contribution in [3.05, 3.63) is 54.1 Å². The average Bonchev–Trinajstić information content (AvgIpc) is 2.40. The van der Waals surface area contributed by atoms with Crippen molar-refractivity contribution < 1.29 is 18.6 Å². The van der Waals surface area contributed by atoms with Crippen LogP contribution in [0.2, 0.25) is 0 Å². The van der Waals surface area contributed by atoms with Gasteiger partial charge in [0.05, 0.1) is 6.61 Å². The summed E-state index contributed by atoms with van der Waals surface area (Å²) < 4.78 is 31.1. The summed E-state index contributed by atoms with van der Waals surface area (Å²) in [6, 6.07) is 10.7. The lowest BCUT2D eigenvalue weighted by molar-refractivity contribution is 0.201. The molecule has 0 saturated carbocycles. The molecule has 2 aromatic carbocycles. The largest absolute Gasteiger partial charge is 0.491 e. The van der Waals surface area contributed by atoms with Gasteiger partial charge in [-0.1, -0.05) is 18.2 Å². The van der Waals surface area contributed by atoms with E-state index in [0.717, 1.165) is 17.7 Å². The van der Waals surface area contributed by atoms with Gasteiger partial charge < -0.3 is 9.84 Å². The van der Waals surface area contributed by atoms with Crippen LogP contribution in [-0.2, 0) is 0 Å². The second-order valence-electron chi connectivity index (χ2n) is 3.73. The maximum atomic E-state index is 13.1. The Bertz CT molecular complexity index is 524. The molecule has 0 heterocycles. The van der Waals surface area contributed by atoms with Crippen molar-refractivity contribution >= 4 is 0 Å². The molecule has 0 bridgehead atoms. The molecule has 2 rings (SSSR count). The molecule has 0 atom stereocenters. The fourth-order valence-electron chi connectivity index (χ4n) is 1.58. The van der Waals surface area contributed by atoms with Gasteiger partial charge in [0, 0.05) is 0 Å². The van der Waals surface area contributed by atoms with Crippen molar-refractivity contribution in [3.63, 3.8) is 0 Å². The summed E-state index contributed by atoms with van der Waals surface area (Å²) in [6.07, 6.45) is 0. The molecule has 1 N–H and O–H groups in total. The van der Waals surface area contributed by atoms with Crippen LogP contribution in [0.1, 0.15) is 0 Å². The van der Waals surface area contributed by atoms with Crippen molar-refractivity contribution in [2.45, 2.75) is 0 Å². The Morgan fingerprint density at radius 2 is 1.56 bits per heavy atom. The van der Waals surface area contributed by atoms with Crippen LogP contribution in [0.15, 0.2) is 42.5 Å². The van der Waals surface area contributed by atoms with E-state index < -0.39 is 11.6 Å². The zero-order valence-corrected chi connectivity index (χ0v) is 9.57. The van der Waals surface area contributed by atoms with E-state index in [1.807, 2.05) is 0 Å². The minimum absolute atomic E-state index is 0.0507. The summed E-state index contributed by atoms with van der Waals surface area (Å²) >= 11 is 0. The number of ether oxygens (including phenoxy) is 1. The van der Waals surface area contributed by atoms with Crippen molar-refractivity contribution in [3.8, 4) is 16.9 Å². The van der Waals surface area contributed by atoms with Crippen molar-refractivity contribution in [2.24, 2.45) is 0 Å². The second-order valence-corrected chi connectivity index (χ2v) is 3.73. The maximum absolute atomic E-state index is 13.1. The summed E-state index contributed by atoms with van der Waals surface area (Å²) in [7, 11) is 0. The van der Waals surface area contributed by atoms with Gasteiger partial charge in [-0.3, -0.25) is 0 Å². The van der Waals surface area contributed by atoms with Crippen LogP contribution in [0.5, 0.6) is 5.75 Å². The van der Waals surface area contributed by atoms with E-state index in [-0.39, 0.29) is 13.2 Å². The normalized spacial score (nSPS) is 10.4. The molecule has 0 radical (unpaired) electrons. The van der Waals surface area contributed by atoms with Crippen LogP contribution in [-0.4, -0.2) is 18.3 Å². The summed E-state index contributed by atoms with van der Waals surface area (Å²) in [5, 5.41) is 8.61. The van der Waals surface area contributed by atoms with Crippen LogP contribution in [0.4, 0.5) is 8.78 Å². The van der Waals surface area contributed by atoms with Gasteiger partial charge in [0.25, 0.3) is 0 Å². The van der Waals surface area contributed by atoms with Gasteiger partial charge in [-0.15, -0.1) is 0 Å². The zero-order chi connectivity index (χ0) is 13.0. The highest BCUT2D eigenvalue weighted by Gasteiger charge is 2.04. The summed E-state index contributed by atoms with van der Waals surface area (Å²) in [5.41, 5.74) is 1.37. The van der Waals surface area contributed by atoms with Crippen LogP contribution < -0.4 is 4.74 Å². The second kappa shape index (κ2) is 5.60. The quantitative estimate of drug-likeness (QED) is 0.903. The summed E-state index contributed by atoms with van der Waals surface area (Å²) in [6.45, 7) is 0.176. The van der Waals surface area contributed by atoms with Gasteiger partial charge in [0.2, 0.25) is 0 Å². The first-order chi connectivity index (χ1) is 8.70. The third kappa shape index (κ3) is 2.84. The molecule has 4 heteroatoms. The molecule has 0 aliphatic carbocycles. The summed E-state index contributed by atoms with van der Waals surface area (Å²) in [5.74, 6) is -1.11. The van der Waals surface area contributed by atoms with E-state index >= 15 is 0 Å². The molecular formula is C14H12F2O2. The summed E-state index contributed by atoms with van der Waals surface area (Å²) in [4.78, 5) is 0. The Labute approximate surface area is 103 Å². The Morgan fingerprint density at radius 1 is 0.889 bits per heavy atom. The Hall–Kier alpha value is -1.94. The lowest BCUT2D eigenvalue weighted by Crippen LogP contribution is -2.01. The molecule has 0 aliphatic rings. The molecule has 0 aliphatic heterocycles. The molecule has 94 valence electrons. The van der Waals surface area contributed by atoms with E-state index in [9.17, 15) is 8.78 Å². The lowest BCUT2D eigenvalue weighted by atomic mass is 10.1. The fourth-order valence-corrected chi connectivity index (χ4v) is 1.58. The number of halogens is 2. The number of aliphatic hydroxyl groups is 1. The predicted octanol–water partition coefficient (Wildman–Crippen LogP) is 3.00. The van der Waals surface area contributed by atoms with Crippen LogP contribution in [0.3, 0.4) is 0 Å². The zero-order valence-electron chi connectivity index (χ0n) is 9.57. The number of benzene rings is 2. The van der Waals surface area contributed by atoms with E-state index in [2.05, 4.69) is 0 Å². The van der Waals surface area contributed by atoms with E-state index in [1.54, 1.807) is 24.3 Å². The van der Waals surface area contributed by atoms with Crippen LogP contribution in [0, 0.1) is 11.6 Å². The Kier molecular flexibility index (Phi) is 3.89. The molecular weight excluding hydrogens is 238 g/mol. The molecule has 0 aromatic heterocycles. The Balaban J connectivity index is 2.20. The first kappa shape index (κ1) is 12.5. The lowest BCUT2D eigenvalue weighted by Gasteiger charge is -2.06. The molecule has 18 heavy (non-hydrogen) atoms. The molecule has 0 fully saturated rings. The van der Waals surface area contributed by atoms with Crippen molar-refractivity contribution in [1.29, 1.82) is 0 Å². The van der Waals surface area contributed by atoms with Gasteiger partial charge in [-0.2, -0.15) is 0 Å². The van der Waals surface area contributed by atoms with Gasteiger partial charge >= 0.3 is 0 Å². The molecule has 0 amide bonds. The number of hydrogen-bond acceptors (Lipinski definition) is 2. The standard InChI is InChI=1S/C14H12F2O2/c15-13-6-3-11(9-14(13)16)10-1-4-12(5-2-10)18-8-7-17/h1-6,9,17H,7-8H2. The van der Waals surface area contributed by atoms with Gasteiger partial charge in [0.15, 0.2) is 11.6 Å². The SMILES string of the molecule is OCCOc1ccc(-c2ccc(F)c(F)c2)cc1. The average molecular weight is 250 g/mol. The smallest absolute Gasteiger partial charge is 0.159 e. The number of rotatable bonds is 4. The van der Waals surface area contributed by atoms with Crippen LogP contribution in [0.25, 0.3) is 11.1 Å². The van der Waals surface area contributed by atoms with Gasteiger partial charge in [-0.25, -0.2) is 8.78 Å². The van der Waals surface area contributed by atoms with Crippen molar-refractivity contribution in [2.75, 3.05) is 13.2 Å². The number of hydrogen-bond donors (Lipinski definition) is 1. The Morgan fingerprint density at radius 3 is 2.17 bits per heavy atom. The highest BCUT2D eigenvalue weighted by molar-refractivity contribution is 5.64. The van der Waals surface area contributed by atoms with Crippen LogP contribution >= 0.6 is 0 Å². The van der Waals surface area contributed by atoms with Gasteiger partial charge in [0.1, 0.15) is 12.4 Å². The topological polar surface area (TPSA) is 29.5 Å². The first-order valence-corrected chi connectivity index (χ1v) is 5.50. The molecule has 0 spiro atoms. The minimum Gasteiger partial charge on any atom is -0.491 e. The maximum Gasteiger partial charge on any atom is 0.159 e. The predicted molar refractivity (Wildman–Crippen MR) is 64.4 cm³/mol. The van der Waals surface area contributed by atoms with E-state index in [0.29, 0.717) is 11.3 Å². The molecule has 2 nitrogen and oxygen atoms in total. The first-order valence-electron chi connectivity index (χ1n) is 5.50. The fraction of sp³-hybridized carbons (Fsp3) is 0.143. The van der Waals surface area contributed by atoms with E-state index in [1.165, 1.54) is 6.07 Å². The third-order valence-electron chi connectivity index (χ3n) is 2.47. The molecule has 2 aromatic rings. The molecule has 0 unspecified atom stereocenters. The van der Waals surface area contributed by atoms with E-state index in [4.69, 9.17) is 9.84 Å².